The number of para-hydroxylation sites is 2. The van der Waals surface area contributed by atoms with Crippen LogP contribution in [0, 0.1) is 0 Å². The van der Waals surface area contributed by atoms with E-state index in [1.165, 1.54) is 24.3 Å². The summed E-state index contributed by atoms with van der Waals surface area (Å²) in [7, 11) is 0. The van der Waals surface area contributed by atoms with E-state index in [9.17, 15) is 18.4 Å². The van der Waals surface area contributed by atoms with Gasteiger partial charge in [0.05, 0.1) is 5.56 Å². The van der Waals surface area contributed by atoms with Gasteiger partial charge in [0.1, 0.15) is 11.5 Å². The molecule has 0 aromatic heterocycles. The van der Waals surface area contributed by atoms with Gasteiger partial charge in [-0.3, -0.25) is 20.4 Å². The number of amides is 2. The molecule has 138 valence electrons. The average molecular weight is 364 g/mol. The highest BCUT2D eigenvalue weighted by atomic mass is 19.3. The summed E-state index contributed by atoms with van der Waals surface area (Å²) in [4.78, 5) is 23.8. The minimum absolute atomic E-state index is 0.134. The van der Waals surface area contributed by atoms with Crippen molar-refractivity contribution in [3.05, 3.63) is 59.7 Å². The Morgan fingerprint density at radius 3 is 2.35 bits per heavy atom. The lowest BCUT2D eigenvalue weighted by atomic mass is 10.1. The van der Waals surface area contributed by atoms with Crippen molar-refractivity contribution in [2.45, 2.75) is 20.0 Å². The summed E-state index contributed by atoms with van der Waals surface area (Å²) in [5, 5.41) is 0. The number of hydrazine groups is 1. The molecule has 0 aliphatic rings. The van der Waals surface area contributed by atoms with Crippen molar-refractivity contribution in [1.82, 2.24) is 10.9 Å². The molecule has 0 bridgehead atoms. The van der Waals surface area contributed by atoms with Gasteiger partial charge in [0.25, 0.3) is 11.8 Å². The Hall–Kier alpha value is -3.16. The molecule has 2 aromatic carbocycles. The number of alkyl halides is 2. The highest BCUT2D eigenvalue weighted by Crippen LogP contribution is 2.20. The van der Waals surface area contributed by atoms with Crippen LogP contribution in [0.1, 0.15) is 22.8 Å². The maximum absolute atomic E-state index is 12.4. The SMILES string of the molecule is CCc1ccccc1OCC(=O)NNC(=O)c1ccccc1OC(F)F. The summed E-state index contributed by atoms with van der Waals surface area (Å²) in [6.07, 6.45) is 0.745. The maximum Gasteiger partial charge on any atom is 0.387 e. The summed E-state index contributed by atoms with van der Waals surface area (Å²) < 4.78 is 34.4. The number of carbonyl (C=O) groups excluding carboxylic acids is 2. The van der Waals surface area contributed by atoms with E-state index in [1.54, 1.807) is 12.1 Å². The summed E-state index contributed by atoms with van der Waals surface area (Å²) in [6, 6.07) is 12.7. The van der Waals surface area contributed by atoms with Gasteiger partial charge >= 0.3 is 6.61 Å². The summed E-state index contributed by atoms with van der Waals surface area (Å²) in [5.74, 6) is -1.10. The van der Waals surface area contributed by atoms with Gasteiger partial charge in [0.15, 0.2) is 6.61 Å². The number of aryl methyl sites for hydroxylation is 1. The standard InChI is InChI=1S/C18H18F2N2O4/c1-2-12-7-3-5-9-14(12)25-11-16(23)21-22-17(24)13-8-4-6-10-15(13)26-18(19)20/h3-10,18H,2,11H2,1H3,(H,21,23)(H,22,24). The smallest absolute Gasteiger partial charge is 0.387 e. The van der Waals surface area contributed by atoms with E-state index < -0.39 is 18.4 Å². The number of hydrogen-bond acceptors (Lipinski definition) is 4. The summed E-state index contributed by atoms with van der Waals surface area (Å²) in [5.41, 5.74) is 5.11. The lowest BCUT2D eigenvalue weighted by molar-refractivity contribution is -0.123. The van der Waals surface area contributed by atoms with Crippen LogP contribution >= 0.6 is 0 Å². The number of nitrogens with one attached hydrogen (secondary N) is 2. The normalized spacial score (nSPS) is 10.3. The van der Waals surface area contributed by atoms with E-state index in [-0.39, 0.29) is 17.9 Å². The Kier molecular flexibility index (Phi) is 6.90. The number of carbonyl (C=O) groups is 2. The van der Waals surface area contributed by atoms with Crippen LogP contribution in [0.4, 0.5) is 8.78 Å². The molecule has 0 aliphatic carbocycles. The number of ether oxygens (including phenoxy) is 2. The topological polar surface area (TPSA) is 76.7 Å². The number of rotatable bonds is 7. The van der Waals surface area contributed by atoms with E-state index in [0.29, 0.717) is 5.75 Å². The molecule has 26 heavy (non-hydrogen) atoms. The summed E-state index contributed by atoms with van der Waals surface area (Å²) >= 11 is 0. The van der Waals surface area contributed by atoms with Crippen LogP contribution in [0.2, 0.25) is 0 Å². The van der Waals surface area contributed by atoms with Crippen molar-refractivity contribution in [2.24, 2.45) is 0 Å². The average Bonchev–Trinajstić information content (AvgIpc) is 2.64. The Labute approximate surface area is 149 Å². The molecule has 0 saturated carbocycles. The first-order valence-corrected chi connectivity index (χ1v) is 7.85. The third kappa shape index (κ3) is 5.44. The highest BCUT2D eigenvalue weighted by molar-refractivity contribution is 5.97. The van der Waals surface area contributed by atoms with Gasteiger partial charge in [-0.05, 0) is 30.2 Å². The molecule has 0 fully saturated rings. The molecule has 2 amide bonds. The second-order valence-corrected chi connectivity index (χ2v) is 5.13. The Bertz CT molecular complexity index is 768. The van der Waals surface area contributed by atoms with Gasteiger partial charge < -0.3 is 9.47 Å². The Balaban J connectivity index is 1.88. The van der Waals surface area contributed by atoms with Crippen LogP contribution in [0.5, 0.6) is 11.5 Å². The van der Waals surface area contributed by atoms with Gasteiger partial charge in [-0.15, -0.1) is 0 Å². The molecular weight excluding hydrogens is 346 g/mol. The van der Waals surface area contributed by atoms with Gasteiger partial charge in [0.2, 0.25) is 0 Å². The molecule has 2 aromatic rings. The fraction of sp³-hybridized carbons (Fsp3) is 0.222. The van der Waals surface area contributed by atoms with Crippen LogP contribution in [-0.4, -0.2) is 25.0 Å². The van der Waals surface area contributed by atoms with E-state index in [4.69, 9.17) is 4.74 Å². The quantitative estimate of drug-likeness (QED) is 0.741. The highest BCUT2D eigenvalue weighted by Gasteiger charge is 2.16. The van der Waals surface area contributed by atoms with Gasteiger partial charge in [-0.2, -0.15) is 8.78 Å². The second-order valence-electron chi connectivity index (χ2n) is 5.13. The lowest BCUT2D eigenvalue weighted by Crippen LogP contribution is -2.44. The van der Waals surface area contributed by atoms with Crippen LogP contribution in [0.25, 0.3) is 0 Å². The van der Waals surface area contributed by atoms with Crippen molar-refractivity contribution < 1.29 is 27.8 Å². The summed E-state index contributed by atoms with van der Waals surface area (Å²) in [6.45, 7) is -1.42. The van der Waals surface area contributed by atoms with E-state index in [2.05, 4.69) is 15.6 Å². The van der Waals surface area contributed by atoms with Crippen LogP contribution in [0.3, 0.4) is 0 Å². The molecule has 0 radical (unpaired) electrons. The molecule has 0 saturated heterocycles. The van der Waals surface area contributed by atoms with Crippen LogP contribution in [-0.2, 0) is 11.2 Å². The third-order valence-corrected chi connectivity index (χ3v) is 3.38. The zero-order chi connectivity index (χ0) is 18.9. The third-order valence-electron chi connectivity index (χ3n) is 3.38. The van der Waals surface area contributed by atoms with Crippen molar-refractivity contribution in [3.8, 4) is 11.5 Å². The van der Waals surface area contributed by atoms with Crippen LogP contribution < -0.4 is 20.3 Å². The fourth-order valence-corrected chi connectivity index (χ4v) is 2.16. The fourth-order valence-electron chi connectivity index (χ4n) is 2.16. The van der Waals surface area contributed by atoms with Gasteiger partial charge in [0, 0.05) is 0 Å². The van der Waals surface area contributed by atoms with Gasteiger partial charge in [-0.25, -0.2) is 0 Å². The zero-order valence-corrected chi connectivity index (χ0v) is 14.0. The van der Waals surface area contributed by atoms with Crippen LogP contribution in [0.15, 0.2) is 48.5 Å². The molecule has 0 unspecified atom stereocenters. The van der Waals surface area contributed by atoms with Crippen molar-refractivity contribution in [2.75, 3.05) is 6.61 Å². The molecule has 2 N–H and O–H groups in total. The predicted molar refractivity (Wildman–Crippen MR) is 90.0 cm³/mol. The molecule has 6 nitrogen and oxygen atoms in total. The van der Waals surface area contributed by atoms with Crippen molar-refractivity contribution in [1.29, 1.82) is 0 Å². The first-order valence-electron chi connectivity index (χ1n) is 7.85. The Morgan fingerprint density at radius 1 is 1.00 bits per heavy atom. The molecular formula is C18H18F2N2O4. The zero-order valence-electron chi connectivity index (χ0n) is 14.0. The molecule has 0 atom stereocenters. The Morgan fingerprint density at radius 2 is 1.65 bits per heavy atom. The molecule has 2 rings (SSSR count). The number of hydrogen-bond donors (Lipinski definition) is 2. The number of halogens is 2. The molecule has 0 spiro atoms. The van der Waals surface area contributed by atoms with Gasteiger partial charge in [-0.1, -0.05) is 37.3 Å². The minimum atomic E-state index is -3.06. The molecule has 0 heterocycles. The van der Waals surface area contributed by atoms with Crippen molar-refractivity contribution in [3.63, 3.8) is 0 Å². The van der Waals surface area contributed by atoms with E-state index >= 15 is 0 Å². The lowest BCUT2D eigenvalue weighted by Gasteiger charge is -2.12. The molecule has 0 aliphatic heterocycles. The minimum Gasteiger partial charge on any atom is -0.483 e. The first kappa shape index (κ1) is 19.2. The predicted octanol–water partition coefficient (Wildman–Crippen LogP) is 2.69. The maximum atomic E-state index is 12.4. The van der Waals surface area contributed by atoms with E-state index in [0.717, 1.165) is 12.0 Å². The van der Waals surface area contributed by atoms with Crippen molar-refractivity contribution >= 4 is 11.8 Å². The van der Waals surface area contributed by atoms with E-state index in [1.807, 2.05) is 19.1 Å². The second kappa shape index (κ2) is 9.36. The monoisotopic (exact) mass is 364 g/mol. The first-order chi connectivity index (χ1) is 12.5. The number of benzene rings is 2. The largest absolute Gasteiger partial charge is 0.483 e. The molecule has 8 heteroatoms.